The van der Waals surface area contributed by atoms with E-state index in [-0.39, 0.29) is 23.7 Å². The number of carbonyl (C=O) groups excluding carboxylic acids is 2. The number of fused-ring (bicyclic) bond motifs is 2. The topological polar surface area (TPSA) is 98.1 Å². The van der Waals surface area contributed by atoms with Gasteiger partial charge in [-0.15, -0.1) is 0 Å². The van der Waals surface area contributed by atoms with Crippen LogP contribution in [-0.2, 0) is 4.79 Å². The molecule has 0 fully saturated rings. The van der Waals surface area contributed by atoms with Crippen LogP contribution in [0.25, 0.3) is 11.0 Å². The van der Waals surface area contributed by atoms with Gasteiger partial charge in [0.25, 0.3) is 5.91 Å². The number of carbonyl (C=O) groups is 2. The van der Waals surface area contributed by atoms with Gasteiger partial charge in [0.05, 0.1) is 18.2 Å². The Kier molecular flexibility index (Phi) is 6.56. The quantitative estimate of drug-likeness (QED) is 0.509. The Morgan fingerprint density at radius 3 is 2.66 bits per heavy atom. The number of hydrogen-bond donors (Lipinski definition) is 1. The summed E-state index contributed by atoms with van der Waals surface area (Å²) in [6.07, 6.45) is 0.819. The fraction of sp³-hybridized carbons (Fsp3) is 0.370. The van der Waals surface area contributed by atoms with Crippen molar-refractivity contribution in [3.05, 3.63) is 58.4 Å². The van der Waals surface area contributed by atoms with Gasteiger partial charge in [-0.3, -0.25) is 9.59 Å². The highest BCUT2D eigenvalue weighted by Crippen LogP contribution is 2.38. The summed E-state index contributed by atoms with van der Waals surface area (Å²) in [4.78, 5) is 40.6. The van der Waals surface area contributed by atoms with E-state index in [2.05, 4.69) is 19.2 Å². The van der Waals surface area contributed by atoms with E-state index in [0.29, 0.717) is 40.7 Å². The minimum absolute atomic E-state index is 0.0375. The summed E-state index contributed by atoms with van der Waals surface area (Å²) in [6.45, 7) is 8.72. The molecule has 0 radical (unpaired) electrons. The molecule has 0 saturated heterocycles. The van der Waals surface area contributed by atoms with E-state index in [0.717, 1.165) is 6.42 Å². The van der Waals surface area contributed by atoms with E-state index < -0.39 is 16.9 Å². The molecule has 0 saturated carbocycles. The van der Waals surface area contributed by atoms with Gasteiger partial charge in [0.15, 0.2) is 11.3 Å². The van der Waals surface area contributed by atoms with E-state index >= 15 is 0 Å². The summed E-state index contributed by atoms with van der Waals surface area (Å²) in [5.41, 5.74) is -0.289. The molecule has 0 bridgehead atoms. The Bertz CT molecular complexity index is 1340. The second kappa shape index (κ2) is 9.44. The number of hydrogen-bond acceptors (Lipinski definition) is 6. The van der Waals surface area contributed by atoms with Gasteiger partial charge in [-0.25, -0.2) is 4.79 Å². The van der Waals surface area contributed by atoms with E-state index in [1.165, 1.54) is 13.2 Å². The van der Waals surface area contributed by atoms with Crippen molar-refractivity contribution in [3.63, 3.8) is 0 Å². The van der Waals surface area contributed by atoms with Gasteiger partial charge in [-0.2, -0.15) is 0 Å². The van der Waals surface area contributed by atoms with Crippen LogP contribution in [-0.4, -0.2) is 32.1 Å². The molecule has 0 spiro atoms. The van der Waals surface area contributed by atoms with E-state index in [1.807, 2.05) is 13.8 Å². The first-order valence-electron chi connectivity index (χ1n) is 11.6. The van der Waals surface area contributed by atoms with Crippen molar-refractivity contribution < 1.29 is 23.5 Å². The number of benzene rings is 2. The lowest BCUT2D eigenvalue weighted by atomic mass is 9.92. The minimum Gasteiger partial charge on any atom is -0.493 e. The molecule has 184 valence electrons. The maximum atomic E-state index is 13.3. The fourth-order valence-electron chi connectivity index (χ4n) is 3.97. The Morgan fingerprint density at radius 1 is 1.17 bits per heavy atom. The molecule has 4 rings (SSSR count). The number of rotatable bonds is 6. The average molecular weight is 479 g/mol. The fourth-order valence-corrected chi connectivity index (χ4v) is 3.97. The van der Waals surface area contributed by atoms with Crippen LogP contribution in [0.3, 0.4) is 0 Å². The standard InChI is InChI=1S/C27H30N2O6/c1-16(2)11-12-29-20-14-18(9-10-21(20)34-15-27(3,4)26(29)32)28-24(30)19-13-17-7-6-8-22(33-5)23(17)35-25(19)31/h6-10,13-14,16H,11-12,15H2,1-5H3,(H,28,30). The normalized spacial score (nSPS) is 14.9. The lowest BCUT2D eigenvalue weighted by molar-refractivity contribution is -0.127. The summed E-state index contributed by atoms with van der Waals surface area (Å²) in [5, 5.41) is 3.33. The van der Waals surface area contributed by atoms with Crippen molar-refractivity contribution in [2.45, 2.75) is 34.1 Å². The average Bonchev–Trinajstić information content (AvgIpc) is 2.91. The first kappa shape index (κ1) is 24.3. The molecule has 3 aromatic rings. The summed E-state index contributed by atoms with van der Waals surface area (Å²) in [6, 6.07) is 11.8. The van der Waals surface area contributed by atoms with Crippen LogP contribution in [0.5, 0.6) is 11.5 Å². The molecule has 1 aliphatic heterocycles. The van der Waals surface area contributed by atoms with Crippen molar-refractivity contribution in [2.75, 3.05) is 30.5 Å². The third-order valence-corrected chi connectivity index (χ3v) is 6.04. The summed E-state index contributed by atoms with van der Waals surface area (Å²) in [7, 11) is 1.48. The predicted octanol–water partition coefficient (Wildman–Crippen LogP) is 4.85. The summed E-state index contributed by atoms with van der Waals surface area (Å²) in [5.74, 6) is 0.740. The van der Waals surface area contributed by atoms with Crippen LogP contribution in [0.2, 0.25) is 0 Å². The van der Waals surface area contributed by atoms with Crippen molar-refractivity contribution >= 4 is 34.2 Å². The molecule has 8 nitrogen and oxygen atoms in total. The van der Waals surface area contributed by atoms with E-state index in [1.54, 1.807) is 41.3 Å². The maximum Gasteiger partial charge on any atom is 0.349 e. The molecule has 8 heteroatoms. The van der Waals surface area contributed by atoms with Crippen LogP contribution in [0, 0.1) is 11.3 Å². The molecular formula is C27H30N2O6. The first-order valence-corrected chi connectivity index (χ1v) is 11.6. The Balaban J connectivity index is 1.67. The van der Waals surface area contributed by atoms with Gasteiger partial charge in [-0.05, 0) is 56.5 Å². The largest absolute Gasteiger partial charge is 0.493 e. The van der Waals surface area contributed by atoms with Gasteiger partial charge in [0.1, 0.15) is 17.9 Å². The lowest BCUT2D eigenvalue weighted by Gasteiger charge is -2.28. The van der Waals surface area contributed by atoms with Gasteiger partial charge in [-0.1, -0.05) is 26.0 Å². The van der Waals surface area contributed by atoms with Crippen LogP contribution < -0.4 is 25.3 Å². The smallest absolute Gasteiger partial charge is 0.349 e. The molecule has 0 aliphatic carbocycles. The Hall–Kier alpha value is -3.81. The zero-order chi connectivity index (χ0) is 25.3. The van der Waals surface area contributed by atoms with Crippen LogP contribution in [0.1, 0.15) is 44.5 Å². The molecule has 1 aliphatic rings. The number of methoxy groups -OCH3 is 1. The second-order valence-corrected chi connectivity index (χ2v) is 9.77. The summed E-state index contributed by atoms with van der Waals surface area (Å²) >= 11 is 0. The molecular weight excluding hydrogens is 448 g/mol. The predicted molar refractivity (Wildman–Crippen MR) is 135 cm³/mol. The molecule has 1 N–H and O–H groups in total. The zero-order valence-corrected chi connectivity index (χ0v) is 20.6. The van der Waals surface area contributed by atoms with Crippen molar-refractivity contribution in [2.24, 2.45) is 11.3 Å². The van der Waals surface area contributed by atoms with Crippen LogP contribution in [0.15, 0.2) is 51.7 Å². The highest BCUT2D eigenvalue weighted by atomic mass is 16.5. The maximum absolute atomic E-state index is 13.3. The third kappa shape index (κ3) is 4.87. The van der Waals surface area contributed by atoms with E-state index in [4.69, 9.17) is 13.9 Å². The van der Waals surface area contributed by atoms with Crippen molar-refractivity contribution in [1.29, 1.82) is 0 Å². The van der Waals surface area contributed by atoms with Crippen LogP contribution >= 0.6 is 0 Å². The zero-order valence-electron chi connectivity index (χ0n) is 20.6. The van der Waals surface area contributed by atoms with Gasteiger partial charge >= 0.3 is 5.63 Å². The first-order chi connectivity index (χ1) is 16.6. The number of ether oxygens (including phenoxy) is 2. The third-order valence-electron chi connectivity index (χ3n) is 6.04. The van der Waals surface area contributed by atoms with E-state index in [9.17, 15) is 14.4 Å². The van der Waals surface area contributed by atoms with Gasteiger partial charge < -0.3 is 24.1 Å². The highest BCUT2D eigenvalue weighted by molar-refractivity contribution is 6.06. The van der Waals surface area contributed by atoms with Crippen molar-refractivity contribution in [3.8, 4) is 11.5 Å². The lowest BCUT2D eigenvalue weighted by Crippen LogP contribution is -2.42. The Labute approximate surface area is 203 Å². The second-order valence-electron chi connectivity index (χ2n) is 9.77. The number of anilines is 2. The SMILES string of the molecule is COc1cccc2cc(C(=O)Nc3ccc4c(c3)N(CCC(C)C)C(=O)C(C)(C)CO4)c(=O)oc12. The number of nitrogens with one attached hydrogen (secondary N) is 1. The molecule has 1 aromatic heterocycles. The minimum atomic E-state index is -0.770. The number of para-hydroxylation sites is 1. The highest BCUT2D eigenvalue weighted by Gasteiger charge is 2.37. The molecule has 2 aromatic carbocycles. The Morgan fingerprint density at radius 2 is 1.94 bits per heavy atom. The number of amides is 2. The molecule has 0 unspecified atom stereocenters. The molecule has 35 heavy (non-hydrogen) atoms. The summed E-state index contributed by atoms with van der Waals surface area (Å²) < 4.78 is 16.6. The van der Waals surface area contributed by atoms with Crippen molar-refractivity contribution in [1.82, 2.24) is 0 Å². The van der Waals surface area contributed by atoms with Gasteiger partial charge in [0.2, 0.25) is 5.91 Å². The number of nitrogens with zero attached hydrogens (tertiary/aromatic N) is 1. The monoisotopic (exact) mass is 478 g/mol. The molecule has 2 amide bonds. The molecule has 0 atom stereocenters. The van der Waals surface area contributed by atoms with Crippen LogP contribution in [0.4, 0.5) is 11.4 Å². The molecule has 2 heterocycles. The van der Waals surface area contributed by atoms with Gasteiger partial charge in [0, 0.05) is 17.6 Å².